The quantitative estimate of drug-likeness (QED) is 0.0443. The van der Waals surface area contributed by atoms with Gasteiger partial charge in [-0.1, -0.05) is 200 Å². The SMILES string of the molecule is CCCCCCCCCCCCCCCCCCC=COC(=O)CCCCCCCCCCCCCCCCC. The maximum atomic E-state index is 11.9. The number of unbranched alkanes of at least 4 members (excludes halogenated alkanes) is 30. The van der Waals surface area contributed by atoms with Crippen LogP contribution in [0.1, 0.15) is 226 Å². The molecule has 0 amide bonds. The molecule has 0 bridgehead atoms. The Morgan fingerprint density at radius 1 is 0.400 bits per heavy atom. The molecule has 238 valence electrons. The average Bonchev–Trinajstić information content (AvgIpc) is 2.96. The van der Waals surface area contributed by atoms with E-state index in [9.17, 15) is 4.79 Å². The molecule has 0 aliphatic carbocycles. The molecular weight excluding hydrogens is 488 g/mol. The molecular formula is C38H74O2. The van der Waals surface area contributed by atoms with Crippen molar-refractivity contribution in [2.24, 2.45) is 0 Å². The molecule has 0 aliphatic rings. The van der Waals surface area contributed by atoms with Crippen LogP contribution in [0, 0.1) is 0 Å². The number of esters is 1. The monoisotopic (exact) mass is 563 g/mol. The van der Waals surface area contributed by atoms with E-state index in [0.717, 1.165) is 19.3 Å². The van der Waals surface area contributed by atoms with Crippen LogP contribution in [0.3, 0.4) is 0 Å². The predicted molar refractivity (Wildman–Crippen MR) is 179 cm³/mol. The molecule has 0 saturated carbocycles. The normalized spacial score (nSPS) is 11.6. The predicted octanol–water partition coefficient (Wildman–Crippen LogP) is 14.0. The van der Waals surface area contributed by atoms with Gasteiger partial charge in [0, 0.05) is 6.42 Å². The van der Waals surface area contributed by atoms with Crippen LogP contribution in [-0.2, 0) is 9.53 Å². The Balaban J connectivity index is 3.20. The standard InChI is InChI=1S/C38H74O2/c1-3-5-7-9-11-13-15-17-19-20-21-23-25-27-29-31-33-35-37-40-38(39)36-34-32-30-28-26-24-22-18-16-14-12-10-8-6-4-2/h35,37H,3-34,36H2,1-2H3. The summed E-state index contributed by atoms with van der Waals surface area (Å²) in [5.41, 5.74) is 0. The molecule has 0 aliphatic heterocycles. The fraction of sp³-hybridized carbons (Fsp3) is 0.921. The Hall–Kier alpha value is -0.790. The minimum absolute atomic E-state index is 0.0575. The Kier molecular flexibility index (Phi) is 35.5. The first-order valence-corrected chi connectivity index (χ1v) is 18.7. The van der Waals surface area contributed by atoms with E-state index in [1.807, 2.05) is 6.08 Å². The Morgan fingerprint density at radius 3 is 1.00 bits per heavy atom. The summed E-state index contributed by atoms with van der Waals surface area (Å²) in [6.07, 6.45) is 48.0. The van der Waals surface area contributed by atoms with Gasteiger partial charge in [0.25, 0.3) is 0 Å². The second-order valence-electron chi connectivity index (χ2n) is 12.7. The van der Waals surface area contributed by atoms with Crippen molar-refractivity contribution in [1.29, 1.82) is 0 Å². The van der Waals surface area contributed by atoms with Gasteiger partial charge in [0.05, 0.1) is 6.26 Å². The Morgan fingerprint density at radius 2 is 0.675 bits per heavy atom. The third-order valence-corrected chi connectivity index (χ3v) is 8.50. The molecule has 2 heteroatoms. The van der Waals surface area contributed by atoms with Crippen LogP contribution in [0.5, 0.6) is 0 Å². The van der Waals surface area contributed by atoms with Crippen molar-refractivity contribution in [1.82, 2.24) is 0 Å². The van der Waals surface area contributed by atoms with E-state index in [1.165, 1.54) is 186 Å². The number of hydrogen-bond acceptors (Lipinski definition) is 2. The van der Waals surface area contributed by atoms with Crippen LogP contribution in [0.15, 0.2) is 12.3 Å². The highest BCUT2D eigenvalue weighted by Gasteiger charge is 2.01. The summed E-state index contributed by atoms with van der Waals surface area (Å²) in [6, 6.07) is 0. The molecule has 0 aromatic carbocycles. The summed E-state index contributed by atoms with van der Waals surface area (Å²) in [5, 5.41) is 0. The molecule has 0 saturated heterocycles. The summed E-state index contributed by atoms with van der Waals surface area (Å²) < 4.78 is 5.27. The van der Waals surface area contributed by atoms with Crippen molar-refractivity contribution in [3.05, 3.63) is 12.3 Å². The van der Waals surface area contributed by atoms with Gasteiger partial charge < -0.3 is 4.74 Å². The fourth-order valence-electron chi connectivity index (χ4n) is 5.70. The lowest BCUT2D eigenvalue weighted by molar-refractivity contribution is -0.138. The highest BCUT2D eigenvalue weighted by molar-refractivity contribution is 5.69. The lowest BCUT2D eigenvalue weighted by Gasteiger charge is -2.03. The number of hydrogen-bond donors (Lipinski definition) is 0. The van der Waals surface area contributed by atoms with Gasteiger partial charge in [-0.05, 0) is 25.3 Å². The van der Waals surface area contributed by atoms with Gasteiger partial charge in [-0.25, -0.2) is 0 Å². The van der Waals surface area contributed by atoms with Crippen molar-refractivity contribution in [2.45, 2.75) is 226 Å². The van der Waals surface area contributed by atoms with Crippen LogP contribution in [0.2, 0.25) is 0 Å². The van der Waals surface area contributed by atoms with Crippen molar-refractivity contribution in [3.8, 4) is 0 Å². The van der Waals surface area contributed by atoms with Crippen molar-refractivity contribution < 1.29 is 9.53 Å². The highest BCUT2D eigenvalue weighted by Crippen LogP contribution is 2.15. The summed E-state index contributed by atoms with van der Waals surface area (Å²) in [4.78, 5) is 11.9. The van der Waals surface area contributed by atoms with Crippen LogP contribution in [0.4, 0.5) is 0 Å². The molecule has 40 heavy (non-hydrogen) atoms. The van der Waals surface area contributed by atoms with E-state index in [1.54, 1.807) is 6.26 Å². The third kappa shape index (κ3) is 35.2. The molecule has 0 atom stereocenters. The van der Waals surface area contributed by atoms with E-state index in [0.29, 0.717) is 6.42 Å². The highest BCUT2D eigenvalue weighted by atomic mass is 16.5. The topological polar surface area (TPSA) is 26.3 Å². The van der Waals surface area contributed by atoms with Crippen molar-refractivity contribution >= 4 is 5.97 Å². The third-order valence-electron chi connectivity index (χ3n) is 8.50. The summed E-state index contributed by atoms with van der Waals surface area (Å²) in [5.74, 6) is -0.0575. The van der Waals surface area contributed by atoms with Gasteiger partial charge in [-0.2, -0.15) is 0 Å². The zero-order chi connectivity index (χ0) is 29.0. The number of ether oxygens (including phenoxy) is 1. The maximum Gasteiger partial charge on any atom is 0.310 e. The average molecular weight is 563 g/mol. The minimum atomic E-state index is -0.0575. The van der Waals surface area contributed by atoms with E-state index in [-0.39, 0.29) is 5.97 Å². The molecule has 0 N–H and O–H groups in total. The molecule has 2 nitrogen and oxygen atoms in total. The molecule has 0 spiro atoms. The number of rotatable bonds is 34. The number of carbonyl (C=O) groups is 1. The lowest BCUT2D eigenvalue weighted by atomic mass is 10.0. The van der Waals surface area contributed by atoms with Gasteiger partial charge in [0.2, 0.25) is 0 Å². The first kappa shape index (κ1) is 39.2. The molecule has 0 fully saturated rings. The van der Waals surface area contributed by atoms with E-state index in [2.05, 4.69) is 13.8 Å². The van der Waals surface area contributed by atoms with E-state index < -0.39 is 0 Å². The Bertz CT molecular complexity index is 498. The van der Waals surface area contributed by atoms with Gasteiger partial charge in [-0.3, -0.25) is 4.79 Å². The van der Waals surface area contributed by atoms with Gasteiger partial charge in [0.15, 0.2) is 0 Å². The van der Waals surface area contributed by atoms with Crippen LogP contribution in [0.25, 0.3) is 0 Å². The molecule has 0 radical (unpaired) electrons. The maximum absolute atomic E-state index is 11.9. The second-order valence-corrected chi connectivity index (χ2v) is 12.7. The van der Waals surface area contributed by atoms with Crippen molar-refractivity contribution in [2.75, 3.05) is 0 Å². The zero-order valence-electron chi connectivity index (χ0n) is 27.8. The van der Waals surface area contributed by atoms with Gasteiger partial charge in [0.1, 0.15) is 0 Å². The Labute approximate surface area is 253 Å². The molecule has 0 unspecified atom stereocenters. The first-order chi connectivity index (χ1) is 19.8. The van der Waals surface area contributed by atoms with Crippen LogP contribution < -0.4 is 0 Å². The zero-order valence-corrected chi connectivity index (χ0v) is 27.8. The fourth-order valence-corrected chi connectivity index (χ4v) is 5.70. The lowest BCUT2D eigenvalue weighted by Crippen LogP contribution is -1.98. The van der Waals surface area contributed by atoms with E-state index >= 15 is 0 Å². The van der Waals surface area contributed by atoms with Crippen molar-refractivity contribution in [3.63, 3.8) is 0 Å². The van der Waals surface area contributed by atoms with Gasteiger partial charge in [-0.15, -0.1) is 0 Å². The second kappa shape index (κ2) is 36.2. The summed E-state index contributed by atoms with van der Waals surface area (Å²) in [6.45, 7) is 4.58. The van der Waals surface area contributed by atoms with Crippen LogP contribution in [-0.4, -0.2) is 5.97 Å². The molecule has 0 aromatic rings. The molecule has 0 rings (SSSR count). The number of allylic oxidation sites excluding steroid dienone is 1. The van der Waals surface area contributed by atoms with E-state index in [4.69, 9.17) is 4.74 Å². The van der Waals surface area contributed by atoms with Gasteiger partial charge >= 0.3 is 5.97 Å². The summed E-state index contributed by atoms with van der Waals surface area (Å²) >= 11 is 0. The summed E-state index contributed by atoms with van der Waals surface area (Å²) in [7, 11) is 0. The minimum Gasteiger partial charge on any atom is -0.435 e. The number of carbonyl (C=O) groups excluding carboxylic acids is 1. The molecule has 0 heterocycles. The largest absolute Gasteiger partial charge is 0.435 e. The van der Waals surface area contributed by atoms with Crippen LogP contribution >= 0.6 is 0 Å². The first-order valence-electron chi connectivity index (χ1n) is 18.7. The molecule has 0 aromatic heterocycles. The smallest absolute Gasteiger partial charge is 0.310 e.